The number of pyridine rings is 1. The second-order valence-electron chi connectivity index (χ2n) is 7.32. The van der Waals surface area contributed by atoms with Crippen molar-refractivity contribution in [3.63, 3.8) is 0 Å². The summed E-state index contributed by atoms with van der Waals surface area (Å²) in [5, 5.41) is 20.7. The van der Waals surface area contributed by atoms with E-state index in [9.17, 15) is 37.1 Å². The third-order valence-corrected chi connectivity index (χ3v) is 4.47. The number of carboxylic acids is 2. The van der Waals surface area contributed by atoms with Gasteiger partial charge in [0.2, 0.25) is 23.6 Å². The summed E-state index contributed by atoms with van der Waals surface area (Å²) in [6, 6.07) is -0.0907. The predicted molar refractivity (Wildman–Crippen MR) is 115 cm³/mol. The summed E-state index contributed by atoms with van der Waals surface area (Å²) in [5.74, 6) is -6.77. The van der Waals surface area contributed by atoms with Gasteiger partial charge in [-0.1, -0.05) is 0 Å². The van der Waals surface area contributed by atoms with Crippen LogP contribution in [0.2, 0.25) is 0 Å². The van der Waals surface area contributed by atoms with Gasteiger partial charge in [-0.05, 0) is 31.5 Å². The number of amides is 4. The van der Waals surface area contributed by atoms with Gasteiger partial charge in [0.25, 0.3) is 0 Å². The van der Waals surface area contributed by atoms with Gasteiger partial charge < -0.3 is 31.5 Å². The topological polar surface area (TPSA) is 209 Å². The number of primary amides is 1. The van der Waals surface area contributed by atoms with E-state index in [0.717, 1.165) is 5.56 Å². The van der Waals surface area contributed by atoms with Gasteiger partial charge in [-0.25, -0.2) is 9.59 Å². The molecule has 0 unspecified atom stereocenters. The number of hydrogen-bond donors (Lipinski definition) is 5. The molecule has 0 aromatic carbocycles. The molecule has 1 heterocycles. The summed E-state index contributed by atoms with van der Waals surface area (Å²) in [7, 11) is 1.46. The van der Waals surface area contributed by atoms with E-state index in [4.69, 9.17) is 20.7 Å². The molecule has 0 bridgehead atoms. The largest absolute Gasteiger partial charge is 0.490 e. The van der Waals surface area contributed by atoms with Gasteiger partial charge in [0.15, 0.2) is 0 Å². The summed E-state index contributed by atoms with van der Waals surface area (Å²) in [5.41, 5.74) is 5.70. The Kier molecular flexibility index (Phi) is 12.6. The average molecular weight is 521 g/mol. The molecule has 36 heavy (non-hydrogen) atoms. The van der Waals surface area contributed by atoms with Crippen molar-refractivity contribution in [1.29, 1.82) is 0 Å². The van der Waals surface area contributed by atoms with E-state index in [1.54, 1.807) is 24.5 Å². The van der Waals surface area contributed by atoms with E-state index in [1.807, 2.05) is 0 Å². The summed E-state index contributed by atoms with van der Waals surface area (Å²) >= 11 is 0. The number of rotatable bonds is 10. The first-order valence-corrected chi connectivity index (χ1v) is 10.0. The molecule has 13 nitrogen and oxygen atoms in total. The fourth-order valence-corrected chi connectivity index (χ4v) is 2.29. The second-order valence-corrected chi connectivity index (χ2v) is 7.32. The fraction of sp³-hybridized carbons (Fsp3) is 0.450. The van der Waals surface area contributed by atoms with Crippen LogP contribution in [0.4, 0.5) is 13.2 Å². The molecule has 3 atom stereocenters. The van der Waals surface area contributed by atoms with Crippen molar-refractivity contribution in [1.82, 2.24) is 20.5 Å². The van der Waals surface area contributed by atoms with Crippen LogP contribution in [-0.4, -0.2) is 87.0 Å². The zero-order chi connectivity index (χ0) is 28.2. The predicted octanol–water partition coefficient (Wildman–Crippen LogP) is -0.946. The van der Waals surface area contributed by atoms with Crippen molar-refractivity contribution in [2.75, 3.05) is 7.05 Å². The number of carbonyl (C=O) groups is 6. The molecule has 0 saturated carbocycles. The first-order chi connectivity index (χ1) is 16.5. The Morgan fingerprint density at radius 3 is 1.94 bits per heavy atom. The first-order valence-electron chi connectivity index (χ1n) is 10.0. The Morgan fingerprint density at radius 2 is 1.53 bits per heavy atom. The van der Waals surface area contributed by atoms with Crippen LogP contribution in [0.25, 0.3) is 0 Å². The van der Waals surface area contributed by atoms with Crippen LogP contribution >= 0.6 is 0 Å². The molecule has 0 aliphatic rings. The lowest BCUT2D eigenvalue weighted by molar-refractivity contribution is -0.192. The van der Waals surface area contributed by atoms with Gasteiger partial charge in [0.05, 0.1) is 12.8 Å². The normalized spacial score (nSPS) is 13.1. The standard InChI is InChI=1S/C18H25N5O6.C2HF3O2/c1-10(16(26)22-13(18(28)29)9-14(19)24)21-17(27)11(2)23(3)15(25)8-12-4-6-20-7-5-12;3-2(4,5)1(6)7/h4-7,10-11,13H,8-9H2,1-3H3,(H2,19,24)(H,21,27)(H,22,26)(H,28,29);(H,6,7)/t10-,11-,13-;/m0./s1. The third kappa shape index (κ3) is 11.8. The van der Waals surface area contributed by atoms with E-state index < -0.39 is 60.4 Å². The van der Waals surface area contributed by atoms with Crippen molar-refractivity contribution < 1.29 is 52.2 Å². The molecule has 0 radical (unpaired) electrons. The lowest BCUT2D eigenvalue weighted by Crippen LogP contribution is -2.54. The zero-order valence-electron chi connectivity index (χ0n) is 19.4. The van der Waals surface area contributed by atoms with Crippen molar-refractivity contribution in [3.8, 4) is 0 Å². The maximum atomic E-state index is 12.4. The number of alkyl halides is 3. The number of aromatic nitrogens is 1. The first kappa shape index (κ1) is 31.8. The Bertz CT molecular complexity index is 958. The Balaban J connectivity index is 0.00000152. The van der Waals surface area contributed by atoms with Gasteiger partial charge in [0, 0.05) is 19.4 Å². The lowest BCUT2D eigenvalue weighted by Gasteiger charge is -2.26. The van der Waals surface area contributed by atoms with E-state index in [2.05, 4.69) is 15.6 Å². The highest BCUT2D eigenvalue weighted by Gasteiger charge is 2.38. The number of nitrogens with zero attached hydrogens (tertiary/aromatic N) is 2. The highest BCUT2D eigenvalue weighted by Crippen LogP contribution is 2.13. The molecular weight excluding hydrogens is 495 g/mol. The molecule has 0 fully saturated rings. The van der Waals surface area contributed by atoms with Gasteiger partial charge >= 0.3 is 18.1 Å². The Labute approximate surface area is 202 Å². The molecule has 1 aromatic heterocycles. The number of hydrogen-bond acceptors (Lipinski definition) is 7. The van der Waals surface area contributed by atoms with Crippen LogP contribution < -0.4 is 16.4 Å². The lowest BCUT2D eigenvalue weighted by atomic mass is 10.1. The molecular formula is C20H26F3N5O8. The second kappa shape index (κ2) is 14.2. The summed E-state index contributed by atoms with van der Waals surface area (Å²) in [6.45, 7) is 2.85. The Morgan fingerprint density at radius 1 is 1.03 bits per heavy atom. The van der Waals surface area contributed by atoms with Crippen LogP contribution in [0.1, 0.15) is 25.8 Å². The number of halogens is 3. The maximum absolute atomic E-state index is 12.4. The third-order valence-electron chi connectivity index (χ3n) is 4.47. The summed E-state index contributed by atoms with van der Waals surface area (Å²) < 4.78 is 31.7. The van der Waals surface area contributed by atoms with Crippen LogP contribution in [0.3, 0.4) is 0 Å². The number of likely N-dealkylation sites (N-methyl/N-ethyl adjacent to an activating group) is 1. The highest BCUT2D eigenvalue weighted by molar-refractivity contribution is 5.94. The number of nitrogens with one attached hydrogen (secondary N) is 2. The van der Waals surface area contributed by atoms with Crippen LogP contribution in [-0.2, 0) is 35.2 Å². The minimum atomic E-state index is -5.08. The van der Waals surface area contributed by atoms with Crippen molar-refractivity contribution in [2.24, 2.45) is 5.73 Å². The van der Waals surface area contributed by atoms with Crippen LogP contribution in [0, 0.1) is 0 Å². The van der Waals surface area contributed by atoms with E-state index in [-0.39, 0.29) is 12.3 Å². The minimum Gasteiger partial charge on any atom is -0.480 e. The molecule has 16 heteroatoms. The van der Waals surface area contributed by atoms with E-state index >= 15 is 0 Å². The molecule has 200 valence electrons. The van der Waals surface area contributed by atoms with Gasteiger partial charge in [-0.2, -0.15) is 13.2 Å². The minimum absolute atomic E-state index is 0.0834. The average Bonchev–Trinajstić information content (AvgIpc) is 2.77. The maximum Gasteiger partial charge on any atom is 0.490 e. The number of aliphatic carboxylic acids is 2. The SMILES string of the molecule is C[C@H](NC(=O)[C@H](C)N(C)C(=O)Cc1ccncc1)C(=O)N[C@@H](CC(N)=O)C(=O)O.O=C(O)C(F)(F)F. The molecule has 1 aromatic rings. The van der Waals surface area contributed by atoms with E-state index in [0.29, 0.717) is 0 Å². The highest BCUT2D eigenvalue weighted by atomic mass is 19.4. The van der Waals surface area contributed by atoms with Gasteiger partial charge in [-0.15, -0.1) is 0 Å². The van der Waals surface area contributed by atoms with Gasteiger partial charge in [-0.3, -0.25) is 24.2 Å². The molecule has 6 N–H and O–H groups in total. The fourth-order valence-electron chi connectivity index (χ4n) is 2.29. The monoisotopic (exact) mass is 521 g/mol. The summed E-state index contributed by atoms with van der Waals surface area (Å²) in [4.78, 5) is 72.8. The smallest absolute Gasteiger partial charge is 0.480 e. The molecule has 4 amide bonds. The molecule has 0 saturated heterocycles. The molecule has 1 rings (SSSR count). The molecule has 0 spiro atoms. The van der Waals surface area contributed by atoms with Gasteiger partial charge in [0.1, 0.15) is 18.1 Å². The quantitative estimate of drug-likeness (QED) is 0.257. The van der Waals surface area contributed by atoms with Crippen LogP contribution in [0.5, 0.6) is 0 Å². The molecule has 0 aliphatic heterocycles. The van der Waals surface area contributed by atoms with Crippen LogP contribution in [0.15, 0.2) is 24.5 Å². The van der Waals surface area contributed by atoms with Crippen molar-refractivity contribution >= 4 is 35.6 Å². The summed E-state index contributed by atoms with van der Waals surface area (Å²) in [6.07, 6.45) is -2.46. The zero-order valence-corrected chi connectivity index (χ0v) is 19.4. The Hall–Kier alpha value is -4.24. The van der Waals surface area contributed by atoms with E-state index in [1.165, 1.54) is 25.8 Å². The molecule has 0 aliphatic carbocycles. The number of nitrogens with two attached hydrogens (primary N) is 1. The number of carboxylic acid groups (broad SMARTS) is 2. The van der Waals surface area contributed by atoms with Crippen molar-refractivity contribution in [3.05, 3.63) is 30.1 Å². The number of carbonyl (C=O) groups excluding carboxylic acids is 4. The van der Waals surface area contributed by atoms with Crippen molar-refractivity contribution in [2.45, 2.75) is 51.0 Å².